The zero-order valence-corrected chi connectivity index (χ0v) is 20.8. The molecule has 1 N–H and O–H groups in total. The normalized spacial score (nSPS) is 19.0. The summed E-state index contributed by atoms with van der Waals surface area (Å²) in [5, 5.41) is 9.77. The van der Waals surface area contributed by atoms with E-state index in [-0.39, 0.29) is 12.2 Å². The average Bonchev–Trinajstić information content (AvgIpc) is 2.88. The molecule has 2 aromatic carbocycles. The van der Waals surface area contributed by atoms with E-state index in [0.29, 0.717) is 12.2 Å². The maximum absolute atomic E-state index is 11.9. The van der Waals surface area contributed by atoms with E-state index in [1.807, 2.05) is 48.7 Å². The minimum Gasteiger partial charge on any atom is -0.496 e. The number of ether oxygens (including phenoxy) is 2. The Morgan fingerprint density at radius 2 is 1.86 bits per heavy atom. The molecular weight excluding hydrogens is 442 g/mol. The molecule has 4 rings (SSSR count). The van der Waals surface area contributed by atoms with Crippen LogP contribution in [0, 0.1) is 0 Å². The summed E-state index contributed by atoms with van der Waals surface area (Å²) in [6.45, 7) is 8.87. The Hall–Kier alpha value is -3.29. The second-order valence-electron chi connectivity index (χ2n) is 9.24. The molecular formula is C28H35N3O4. The number of nitrogens with zero attached hydrogens (tertiary/aromatic N) is 3. The second kappa shape index (κ2) is 11.4. The quantitative estimate of drug-likeness (QED) is 0.586. The first-order valence-electron chi connectivity index (χ1n) is 12.2. The van der Waals surface area contributed by atoms with Crippen LogP contribution >= 0.6 is 0 Å². The van der Waals surface area contributed by atoms with Crippen LogP contribution in [0.15, 0.2) is 72.5 Å². The number of aliphatic carboxylic acids is 1. The summed E-state index contributed by atoms with van der Waals surface area (Å²) in [5.41, 5.74) is 2.65. The minimum atomic E-state index is -0.850. The van der Waals surface area contributed by atoms with E-state index in [0.717, 1.165) is 49.8 Å². The van der Waals surface area contributed by atoms with Gasteiger partial charge in [-0.2, -0.15) is 0 Å². The summed E-state index contributed by atoms with van der Waals surface area (Å²) in [4.78, 5) is 18.7. The zero-order chi connectivity index (χ0) is 24.8. The number of allylic oxidation sites excluding steroid dienone is 2. The monoisotopic (exact) mass is 477 g/mol. The van der Waals surface area contributed by atoms with Crippen LogP contribution in [0.4, 0.5) is 0 Å². The van der Waals surface area contributed by atoms with Gasteiger partial charge in [-0.15, -0.1) is 0 Å². The van der Waals surface area contributed by atoms with Crippen molar-refractivity contribution in [3.63, 3.8) is 0 Å². The zero-order valence-electron chi connectivity index (χ0n) is 20.8. The fourth-order valence-corrected chi connectivity index (χ4v) is 4.74. The number of piperazine rings is 1. The van der Waals surface area contributed by atoms with Crippen molar-refractivity contribution < 1.29 is 19.4 Å². The van der Waals surface area contributed by atoms with Crippen LogP contribution in [0.5, 0.6) is 11.5 Å². The van der Waals surface area contributed by atoms with Crippen molar-refractivity contribution in [1.29, 1.82) is 0 Å². The van der Waals surface area contributed by atoms with Crippen molar-refractivity contribution in [2.45, 2.75) is 39.2 Å². The van der Waals surface area contributed by atoms with E-state index in [1.54, 1.807) is 13.2 Å². The Kier molecular flexibility index (Phi) is 8.10. The minimum absolute atomic E-state index is 0.218. The Morgan fingerprint density at radius 1 is 1.09 bits per heavy atom. The predicted molar refractivity (Wildman–Crippen MR) is 136 cm³/mol. The molecule has 0 spiro atoms. The van der Waals surface area contributed by atoms with Gasteiger partial charge in [0.1, 0.15) is 24.3 Å². The SMILES string of the molecule is COc1ccccc1COc1cccc(CN2CCN(C3C(C(=O)O)=CC=CN3C(C)C)CC2)c1. The summed E-state index contributed by atoms with van der Waals surface area (Å²) in [7, 11) is 1.67. The molecule has 1 fully saturated rings. The van der Waals surface area contributed by atoms with Crippen molar-refractivity contribution in [2.75, 3.05) is 33.3 Å². The van der Waals surface area contributed by atoms with Gasteiger partial charge in [0.05, 0.1) is 12.7 Å². The van der Waals surface area contributed by atoms with Crippen molar-refractivity contribution in [3.05, 3.63) is 83.6 Å². The molecule has 0 aliphatic carbocycles. The molecule has 0 saturated carbocycles. The van der Waals surface area contributed by atoms with Gasteiger partial charge in [0.15, 0.2) is 0 Å². The first-order valence-corrected chi connectivity index (χ1v) is 12.2. The maximum Gasteiger partial charge on any atom is 0.335 e. The Morgan fingerprint density at radius 3 is 2.57 bits per heavy atom. The van der Waals surface area contributed by atoms with Crippen LogP contribution in [0.3, 0.4) is 0 Å². The summed E-state index contributed by atoms with van der Waals surface area (Å²) < 4.78 is 11.5. The summed E-state index contributed by atoms with van der Waals surface area (Å²) in [6.07, 6.45) is 5.34. The smallest absolute Gasteiger partial charge is 0.335 e. The third kappa shape index (κ3) is 6.05. The number of para-hydroxylation sites is 1. The molecule has 1 saturated heterocycles. The lowest BCUT2D eigenvalue weighted by Crippen LogP contribution is -2.57. The number of hydrogen-bond donors (Lipinski definition) is 1. The van der Waals surface area contributed by atoms with E-state index in [4.69, 9.17) is 9.47 Å². The van der Waals surface area contributed by atoms with Crippen molar-refractivity contribution in [2.24, 2.45) is 0 Å². The molecule has 1 unspecified atom stereocenters. The number of carbonyl (C=O) groups is 1. The molecule has 7 nitrogen and oxygen atoms in total. The number of methoxy groups -OCH3 is 1. The van der Waals surface area contributed by atoms with E-state index in [9.17, 15) is 9.90 Å². The molecule has 1 atom stereocenters. The maximum atomic E-state index is 11.9. The van der Waals surface area contributed by atoms with Gasteiger partial charge >= 0.3 is 5.97 Å². The first-order chi connectivity index (χ1) is 17.0. The van der Waals surface area contributed by atoms with Gasteiger partial charge in [-0.05, 0) is 49.8 Å². The molecule has 2 aliphatic rings. The van der Waals surface area contributed by atoms with Crippen LogP contribution in [0.25, 0.3) is 0 Å². The molecule has 2 aliphatic heterocycles. The van der Waals surface area contributed by atoms with E-state index in [1.165, 1.54) is 5.56 Å². The molecule has 35 heavy (non-hydrogen) atoms. The van der Waals surface area contributed by atoms with Gasteiger partial charge in [-0.25, -0.2) is 4.79 Å². The van der Waals surface area contributed by atoms with Crippen LogP contribution < -0.4 is 9.47 Å². The first kappa shape index (κ1) is 24.8. The molecule has 186 valence electrons. The third-order valence-corrected chi connectivity index (χ3v) is 6.58. The number of benzene rings is 2. The van der Waals surface area contributed by atoms with Crippen LogP contribution in [0.1, 0.15) is 25.0 Å². The number of carboxylic acid groups (broad SMARTS) is 1. The van der Waals surface area contributed by atoms with E-state index in [2.05, 4.69) is 40.7 Å². The molecule has 0 amide bonds. The van der Waals surface area contributed by atoms with Crippen molar-refractivity contribution in [1.82, 2.24) is 14.7 Å². The molecule has 0 radical (unpaired) electrons. The van der Waals surface area contributed by atoms with Gasteiger partial charge in [0, 0.05) is 50.5 Å². The Balaban J connectivity index is 1.34. The molecule has 0 bridgehead atoms. The highest BCUT2D eigenvalue weighted by Gasteiger charge is 2.35. The summed E-state index contributed by atoms with van der Waals surface area (Å²) in [5.74, 6) is 0.814. The number of hydrogen-bond acceptors (Lipinski definition) is 6. The van der Waals surface area contributed by atoms with Gasteiger partial charge in [0.2, 0.25) is 0 Å². The van der Waals surface area contributed by atoms with E-state index >= 15 is 0 Å². The van der Waals surface area contributed by atoms with Crippen molar-refractivity contribution >= 4 is 5.97 Å². The van der Waals surface area contributed by atoms with Crippen molar-refractivity contribution in [3.8, 4) is 11.5 Å². The third-order valence-electron chi connectivity index (χ3n) is 6.58. The number of rotatable bonds is 9. The largest absolute Gasteiger partial charge is 0.496 e. The molecule has 7 heteroatoms. The van der Waals surface area contributed by atoms with Gasteiger partial charge < -0.3 is 19.5 Å². The lowest BCUT2D eigenvalue weighted by Gasteiger charge is -2.46. The van der Waals surface area contributed by atoms with Crippen LogP contribution in [0.2, 0.25) is 0 Å². The Bertz CT molecular complexity index is 1070. The van der Waals surface area contributed by atoms with Crippen LogP contribution in [-0.2, 0) is 17.9 Å². The fraction of sp³-hybridized carbons (Fsp3) is 0.393. The fourth-order valence-electron chi connectivity index (χ4n) is 4.74. The number of carboxylic acids is 1. The topological polar surface area (TPSA) is 65.5 Å². The highest BCUT2D eigenvalue weighted by molar-refractivity contribution is 5.88. The predicted octanol–water partition coefficient (Wildman–Crippen LogP) is 3.97. The lowest BCUT2D eigenvalue weighted by molar-refractivity contribution is -0.134. The van der Waals surface area contributed by atoms with Crippen LogP contribution in [-0.4, -0.2) is 71.3 Å². The standard InChI is InChI=1S/C28H35N3O4/c1-21(2)31-13-7-11-25(28(32)33)27(31)30-16-14-29(15-17-30)19-22-8-6-10-24(18-22)35-20-23-9-4-5-12-26(23)34-3/h4-13,18,21,27H,14-17,19-20H2,1-3H3,(H,32,33). The lowest BCUT2D eigenvalue weighted by atomic mass is 10.0. The van der Waals surface area contributed by atoms with Gasteiger partial charge in [0.25, 0.3) is 0 Å². The Labute approximate surface area is 207 Å². The van der Waals surface area contributed by atoms with Gasteiger partial charge in [-0.3, -0.25) is 9.80 Å². The molecule has 2 aromatic rings. The summed E-state index contributed by atoms with van der Waals surface area (Å²) >= 11 is 0. The second-order valence-corrected chi connectivity index (χ2v) is 9.24. The molecule has 2 heterocycles. The average molecular weight is 478 g/mol. The molecule has 0 aromatic heterocycles. The van der Waals surface area contributed by atoms with E-state index < -0.39 is 5.97 Å². The highest BCUT2D eigenvalue weighted by atomic mass is 16.5. The van der Waals surface area contributed by atoms with Gasteiger partial charge in [-0.1, -0.05) is 30.3 Å². The summed E-state index contributed by atoms with van der Waals surface area (Å²) in [6, 6.07) is 16.3. The highest BCUT2D eigenvalue weighted by Crippen LogP contribution is 2.25.